The normalized spacial score (nSPS) is 20.3. The van der Waals surface area contributed by atoms with Gasteiger partial charge in [0.05, 0.1) is 11.7 Å². The molecule has 26 heavy (non-hydrogen) atoms. The Morgan fingerprint density at radius 3 is 2.65 bits per heavy atom. The first kappa shape index (κ1) is 18.4. The third-order valence-electron chi connectivity index (χ3n) is 4.19. The Bertz CT molecular complexity index is 779. The molecule has 1 fully saturated rings. The first-order valence-electron chi connectivity index (χ1n) is 8.09. The highest BCUT2D eigenvalue weighted by atomic mass is 19.4. The molecule has 138 valence electrons. The molecule has 0 radical (unpaired) electrons. The van der Waals surface area contributed by atoms with Crippen molar-refractivity contribution in [2.45, 2.75) is 37.7 Å². The molecular weight excluding hydrogens is 352 g/mol. The minimum atomic E-state index is -4.50. The van der Waals surface area contributed by atoms with Crippen LogP contribution in [0.2, 0.25) is 0 Å². The molecule has 0 saturated carbocycles. The topological polar surface area (TPSA) is 67.8 Å². The van der Waals surface area contributed by atoms with E-state index >= 15 is 0 Å². The Morgan fingerprint density at radius 2 is 2.04 bits per heavy atom. The summed E-state index contributed by atoms with van der Waals surface area (Å²) in [6, 6.07) is 2.99. The highest BCUT2D eigenvalue weighted by molar-refractivity contribution is 5.85. The van der Waals surface area contributed by atoms with Crippen molar-refractivity contribution in [2.75, 3.05) is 6.54 Å². The van der Waals surface area contributed by atoms with Crippen LogP contribution in [0.1, 0.15) is 24.2 Å². The van der Waals surface area contributed by atoms with Crippen molar-refractivity contribution in [3.8, 4) is 11.3 Å². The summed E-state index contributed by atoms with van der Waals surface area (Å²) < 4.78 is 51.3. The van der Waals surface area contributed by atoms with E-state index in [0.717, 1.165) is 12.3 Å². The fraction of sp³-hybridized carbons (Fsp3) is 0.412. The summed E-state index contributed by atoms with van der Waals surface area (Å²) in [5, 5.41) is 2.84. The van der Waals surface area contributed by atoms with E-state index in [2.05, 4.69) is 20.3 Å². The first-order chi connectivity index (χ1) is 12.3. The van der Waals surface area contributed by atoms with Crippen molar-refractivity contribution in [1.29, 1.82) is 0 Å². The Morgan fingerprint density at radius 1 is 1.23 bits per heavy atom. The van der Waals surface area contributed by atoms with Crippen LogP contribution in [0, 0.1) is 0 Å². The van der Waals surface area contributed by atoms with E-state index < -0.39 is 24.1 Å². The molecule has 0 bridgehead atoms. The van der Waals surface area contributed by atoms with Gasteiger partial charge in [0.15, 0.2) is 5.78 Å². The average Bonchev–Trinajstić information content (AvgIpc) is 3.05. The summed E-state index contributed by atoms with van der Waals surface area (Å²) in [5.41, 5.74) is 0.392. The monoisotopic (exact) mass is 368 g/mol. The lowest BCUT2D eigenvalue weighted by Crippen LogP contribution is -2.36. The van der Waals surface area contributed by atoms with E-state index in [9.17, 15) is 22.4 Å². The number of carbonyl (C=O) groups is 1. The van der Waals surface area contributed by atoms with E-state index in [4.69, 9.17) is 0 Å². The number of pyridine rings is 1. The molecule has 0 spiro atoms. The molecule has 0 unspecified atom stereocenters. The van der Waals surface area contributed by atoms with Gasteiger partial charge in [-0.25, -0.2) is 14.4 Å². The molecule has 5 nitrogen and oxygen atoms in total. The highest BCUT2D eigenvalue weighted by Crippen LogP contribution is 2.28. The van der Waals surface area contributed by atoms with E-state index in [0.29, 0.717) is 36.3 Å². The fourth-order valence-electron chi connectivity index (χ4n) is 2.80. The standard InChI is InChI=1S/C17H16F4N4O/c18-12-5-6-22-16(12)14(26)3-2-11-7-13(25-9-24-11)10-1-4-15(23-8-10)17(19,20)21/h1,4,7-9,12,16,22H,2-3,5-6H2/t12-,16+/m1/s1. The summed E-state index contributed by atoms with van der Waals surface area (Å²) in [7, 11) is 0. The quantitative estimate of drug-likeness (QED) is 0.822. The van der Waals surface area contributed by atoms with Gasteiger partial charge in [-0.05, 0) is 37.6 Å². The summed E-state index contributed by atoms with van der Waals surface area (Å²) in [5.74, 6) is -0.216. The average molecular weight is 368 g/mol. The van der Waals surface area contributed by atoms with Gasteiger partial charge < -0.3 is 5.32 Å². The molecule has 2 aromatic heterocycles. The smallest absolute Gasteiger partial charge is 0.305 e. The van der Waals surface area contributed by atoms with Gasteiger partial charge in [0.2, 0.25) is 0 Å². The Kier molecular flexibility index (Phi) is 5.26. The number of ketones is 1. The van der Waals surface area contributed by atoms with Gasteiger partial charge in [-0.15, -0.1) is 0 Å². The highest BCUT2D eigenvalue weighted by Gasteiger charge is 2.32. The number of hydrogen-bond donors (Lipinski definition) is 1. The molecule has 1 aliphatic rings. The molecule has 1 aliphatic heterocycles. The number of nitrogens with one attached hydrogen (secondary N) is 1. The van der Waals surface area contributed by atoms with Crippen LogP contribution in [0.25, 0.3) is 11.3 Å². The van der Waals surface area contributed by atoms with Crippen LogP contribution in [0.3, 0.4) is 0 Å². The number of halogens is 4. The molecule has 3 heterocycles. The van der Waals surface area contributed by atoms with Gasteiger partial charge in [-0.3, -0.25) is 9.78 Å². The number of rotatable bonds is 5. The van der Waals surface area contributed by atoms with Crippen molar-refractivity contribution >= 4 is 5.78 Å². The number of carbonyl (C=O) groups excluding carboxylic acids is 1. The van der Waals surface area contributed by atoms with Crippen LogP contribution in [-0.2, 0) is 17.4 Å². The Hall–Kier alpha value is -2.42. The summed E-state index contributed by atoms with van der Waals surface area (Å²) in [4.78, 5) is 23.5. The lowest BCUT2D eigenvalue weighted by Gasteiger charge is -2.11. The van der Waals surface area contributed by atoms with Gasteiger partial charge >= 0.3 is 6.18 Å². The maximum Gasteiger partial charge on any atom is 0.433 e. The number of Topliss-reactive ketones (excluding diaryl/α,β-unsaturated/α-hetero) is 1. The molecule has 0 amide bonds. The van der Waals surface area contributed by atoms with E-state index in [1.807, 2.05) is 0 Å². The maximum absolute atomic E-state index is 13.6. The third kappa shape index (κ3) is 4.21. The van der Waals surface area contributed by atoms with Crippen molar-refractivity contribution in [1.82, 2.24) is 20.3 Å². The van der Waals surface area contributed by atoms with Crippen molar-refractivity contribution < 1.29 is 22.4 Å². The summed E-state index contributed by atoms with van der Waals surface area (Å²) in [6.07, 6.45) is -2.54. The van der Waals surface area contributed by atoms with Crippen LogP contribution in [0.4, 0.5) is 17.6 Å². The minimum Gasteiger partial charge on any atom is -0.305 e. The zero-order valence-corrected chi connectivity index (χ0v) is 13.6. The number of hydrogen-bond acceptors (Lipinski definition) is 5. The predicted octanol–water partition coefficient (Wildman–Crippen LogP) is 2.76. The maximum atomic E-state index is 13.6. The molecule has 9 heteroatoms. The van der Waals surface area contributed by atoms with Crippen LogP contribution >= 0.6 is 0 Å². The van der Waals surface area contributed by atoms with Crippen molar-refractivity contribution in [2.24, 2.45) is 0 Å². The van der Waals surface area contributed by atoms with Crippen LogP contribution < -0.4 is 5.32 Å². The zero-order valence-electron chi connectivity index (χ0n) is 13.6. The second-order valence-electron chi connectivity index (χ2n) is 6.03. The summed E-state index contributed by atoms with van der Waals surface area (Å²) >= 11 is 0. The second-order valence-corrected chi connectivity index (χ2v) is 6.03. The number of nitrogens with zero attached hydrogens (tertiary/aromatic N) is 3. The molecule has 0 aliphatic carbocycles. The Labute approximate surface area is 146 Å². The third-order valence-corrected chi connectivity index (χ3v) is 4.19. The van der Waals surface area contributed by atoms with Crippen molar-refractivity contribution in [3.05, 3.63) is 42.1 Å². The lowest BCUT2D eigenvalue weighted by molar-refractivity contribution is -0.141. The molecule has 2 aromatic rings. The predicted molar refractivity (Wildman–Crippen MR) is 84.9 cm³/mol. The second kappa shape index (κ2) is 7.45. The SMILES string of the molecule is O=C(CCc1cc(-c2ccc(C(F)(F)F)nc2)ncn1)[C@H]1NCC[C@H]1F. The first-order valence-corrected chi connectivity index (χ1v) is 8.09. The molecule has 1 saturated heterocycles. The molecular formula is C17H16F4N4O. The van der Waals surface area contributed by atoms with Crippen LogP contribution in [0.5, 0.6) is 0 Å². The molecule has 1 N–H and O–H groups in total. The fourth-order valence-corrected chi connectivity index (χ4v) is 2.80. The van der Waals surface area contributed by atoms with Gasteiger partial charge in [-0.2, -0.15) is 13.2 Å². The molecule has 0 aromatic carbocycles. The van der Waals surface area contributed by atoms with E-state index in [1.165, 1.54) is 12.4 Å². The van der Waals surface area contributed by atoms with Gasteiger partial charge in [0, 0.05) is 23.9 Å². The van der Waals surface area contributed by atoms with E-state index in [1.54, 1.807) is 6.07 Å². The molecule has 2 atom stereocenters. The zero-order chi connectivity index (χ0) is 18.7. The van der Waals surface area contributed by atoms with E-state index in [-0.39, 0.29) is 12.2 Å². The largest absolute Gasteiger partial charge is 0.433 e. The van der Waals surface area contributed by atoms with Crippen LogP contribution in [-0.4, -0.2) is 39.5 Å². The van der Waals surface area contributed by atoms with Crippen LogP contribution in [0.15, 0.2) is 30.7 Å². The Balaban J connectivity index is 1.67. The summed E-state index contributed by atoms with van der Waals surface area (Å²) in [6.45, 7) is 0.482. The number of aryl methyl sites for hydroxylation is 1. The van der Waals surface area contributed by atoms with Crippen molar-refractivity contribution in [3.63, 3.8) is 0 Å². The molecule has 3 rings (SSSR count). The number of alkyl halides is 4. The minimum absolute atomic E-state index is 0.125. The van der Waals surface area contributed by atoms with Gasteiger partial charge in [0.1, 0.15) is 18.2 Å². The lowest BCUT2D eigenvalue weighted by atomic mass is 10.0. The van der Waals surface area contributed by atoms with Gasteiger partial charge in [-0.1, -0.05) is 0 Å². The number of aromatic nitrogens is 3. The van der Waals surface area contributed by atoms with Gasteiger partial charge in [0.25, 0.3) is 0 Å².